The fourth-order valence-corrected chi connectivity index (χ4v) is 0.979. The molecule has 70 valence electrons. The van der Waals surface area contributed by atoms with Crippen molar-refractivity contribution in [1.82, 2.24) is 0 Å². The summed E-state index contributed by atoms with van der Waals surface area (Å²) in [6.45, 7) is 0.406. The number of aliphatic hydroxyl groups excluding tert-OH is 1. The standard InChI is InChI=1S/C9H11NO3/c10-5-6-1-3-7(4-2-6)8(11)9(12)13/h1-4,8,11H,5,10H2,(H,12,13). The summed E-state index contributed by atoms with van der Waals surface area (Å²) in [5.74, 6) is -1.25. The monoisotopic (exact) mass is 181 g/mol. The number of benzene rings is 1. The average molecular weight is 181 g/mol. The van der Waals surface area contributed by atoms with Gasteiger partial charge in [0.25, 0.3) is 0 Å². The van der Waals surface area contributed by atoms with Crippen molar-refractivity contribution in [2.45, 2.75) is 12.6 Å². The zero-order chi connectivity index (χ0) is 9.84. The van der Waals surface area contributed by atoms with E-state index in [2.05, 4.69) is 0 Å². The Hall–Kier alpha value is -1.39. The third-order valence-corrected chi connectivity index (χ3v) is 1.77. The number of carbonyl (C=O) groups is 1. The van der Waals surface area contributed by atoms with E-state index in [1.165, 1.54) is 0 Å². The molecule has 13 heavy (non-hydrogen) atoms. The van der Waals surface area contributed by atoms with Gasteiger partial charge < -0.3 is 15.9 Å². The first-order valence-electron chi connectivity index (χ1n) is 3.85. The molecule has 0 amide bonds. The van der Waals surface area contributed by atoms with E-state index in [1.807, 2.05) is 0 Å². The van der Waals surface area contributed by atoms with Crippen molar-refractivity contribution in [2.24, 2.45) is 5.73 Å². The van der Waals surface area contributed by atoms with E-state index in [1.54, 1.807) is 24.3 Å². The van der Waals surface area contributed by atoms with E-state index in [4.69, 9.17) is 15.9 Å². The first kappa shape index (κ1) is 9.70. The third kappa shape index (κ3) is 2.27. The summed E-state index contributed by atoms with van der Waals surface area (Å²) in [4.78, 5) is 10.4. The van der Waals surface area contributed by atoms with Crippen molar-refractivity contribution in [3.05, 3.63) is 35.4 Å². The molecule has 0 radical (unpaired) electrons. The maximum atomic E-state index is 10.4. The Kier molecular flexibility index (Phi) is 3.00. The molecule has 4 heteroatoms. The van der Waals surface area contributed by atoms with Gasteiger partial charge in [-0.25, -0.2) is 4.79 Å². The molecule has 0 bridgehead atoms. The van der Waals surface area contributed by atoms with Crippen molar-refractivity contribution < 1.29 is 15.0 Å². The van der Waals surface area contributed by atoms with Gasteiger partial charge in [0.05, 0.1) is 0 Å². The Morgan fingerprint density at radius 3 is 2.31 bits per heavy atom. The highest BCUT2D eigenvalue weighted by Gasteiger charge is 2.14. The van der Waals surface area contributed by atoms with Crippen LogP contribution in [0, 0.1) is 0 Å². The minimum Gasteiger partial charge on any atom is -0.479 e. The van der Waals surface area contributed by atoms with Gasteiger partial charge in [0.1, 0.15) is 0 Å². The minimum absolute atomic E-state index is 0.365. The summed E-state index contributed by atoms with van der Waals surface area (Å²) >= 11 is 0. The fraction of sp³-hybridized carbons (Fsp3) is 0.222. The normalized spacial score (nSPS) is 12.5. The molecular formula is C9H11NO3. The Labute approximate surface area is 75.6 Å². The summed E-state index contributed by atoms with van der Waals surface area (Å²) in [6.07, 6.45) is -1.45. The van der Waals surface area contributed by atoms with Gasteiger partial charge in [-0.1, -0.05) is 24.3 Å². The predicted octanol–water partition coefficient (Wildman–Crippen LogP) is 0.263. The van der Waals surface area contributed by atoms with Crippen LogP contribution in [0.1, 0.15) is 17.2 Å². The van der Waals surface area contributed by atoms with Crippen molar-refractivity contribution in [2.75, 3.05) is 0 Å². The molecule has 0 spiro atoms. The van der Waals surface area contributed by atoms with Crippen molar-refractivity contribution in [3.63, 3.8) is 0 Å². The largest absolute Gasteiger partial charge is 0.479 e. The highest BCUT2D eigenvalue weighted by atomic mass is 16.4. The maximum absolute atomic E-state index is 10.4. The number of rotatable bonds is 3. The highest BCUT2D eigenvalue weighted by Crippen LogP contribution is 2.13. The van der Waals surface area contributed by atoms with Gasteiger partial charge in [0, 0.05) is 6.54 Å². The molecule has 0 fully saturated rings. The summed E-state index contributed by atoms with van der Waals surface area (Å²) < 4.78 is 0. The second-order valence-corrected chi connectivity index (χ2v) is 2.69. The second kappa shape index (κ2) is 4.02. The fourth-order valence-electron chi connectivity index (χ4n) is 0.979. The predicted molar refractivity (Wildman–Crippen MR) is 46.9 cm³/mol. The lowest BCUT2D eigenvalue weighted by Gasteiger charge is -2.05. The quantitative estimate of drug-likeness (QED) is 0.624. The number of carboxylic acids is 1. The molecule has 4 N–H and O–H groups in total. The SMILES string of the molecule is NCc1ccc(C(O)C(=O)O)cc1. The van der Waals surface area contributed by atoms with Crippen LogP contribution in [0.15, 0.2) is 24.3 Å². The molecule has 0 saturated carbocycles. The number of aliphatic hydroxyl groups is 1. The molecule has 1 rings (SSSR count). The zero-order valence-electron chi connectivity index (χ0n) is 6.97. The van der Waals surface area contributed by atoms with Crippen LogP contribution in [0.5, 0.6) is 0 Å². The van der Waals surface area contributed by atoms with Crippen LogP contribution in [0.4, 0.5) is 0 Å². The first-order chi connectivity index (χ1) is 6.15. The molecule has 0 heterocycles. The molecule has 1 aromatic rings. The lowest BCUT2D eigenvalue weighted by molar-refractivity contribution is -0.146. The Bertz CT molecular complexity index is 294. The van der Waals surface area contributed by atoms with Crippen molar-refractivity contribution in [1.29, 1.82) is 0 Å². The number of nitrogens with two attached hydrogens (primary N) is 1. The molecular weight excluding hydrogens is 170 g/mol. The maximum Gasteiger partial charge on any atom is 0.337 e. The summed E-state index contributed by atoms with van der Waals surface area (Å²) in [5.41, 5.74) is 6.63. The van der Waals surface area contributed by atoms with Gasteiger partial charge in [-0.3, -0.25) is 0 Å². The molecule has 1 atom stereocenters. The lowest BCUT2D eigenvalue weighted by Crippen LogP contribution is -2.10. The molecule has 0 aliphatic carbocycles. The van der Waals surface area contributed by atoms with E-state index in [-0.39, 0.29) is 0 Å². The highest BCUT2D eigenvalue weighted by molar-refractivity contribution is 5.73. The molecule has 4 nitrogen and oxygen atoms in total. The molecule has 1 unspecified atom stereocenters. The van der Waals surface area contributed by atoms with E-state index in [9.17, 15) is 4.79 Å². The average Bonchev–Trinajstić information content (AvgIpc) is 2.17. The first-order valence-corrected chi connectivity index (χ1v) is 3.85. The van der Waals surface area contributed by atoms with Crippen LogP contribution in [0.3, 0.4) is 0 Å². The van der Waals surface area contributed by atoms with Gasteiger partial charge >= 0.3 is 5.97 Å². The molecule has 0 saturated heterocycles. The molecule has 0 aromatic heterocycles. The van der Waals surface area contributed by atoms with Crippen molar-refractivity contribution >= 4 is 5.97 Å². The third-order valence-electron chi connectivity index (χ3n) is 1.77. The van der Waals surface area contributed by atoms with Gasteiger partial charge in [-0.05, 0) is 11.1 Å². The van der Waals surface area contributed by atoms with Crippen LogP contribution in [0.25, 0.3) is 0 Å². The topological polar surface area (TPSA) is 83.5 Å². The van der Waals surface area contributed by atoms with E-state index >= 15 is 0 Å². The van der Waals surface area contributed by atoms with Gasteiger partial charge in [0.15, 0.2) is 6.10 Å². The Balaban J connectivity index is 2.85. The van der Waals surface area contributed by atoms with Crippen LogP contribution < -0.4 is 5.73 Å². The van der Waals surface area contributed by atoms with Crippen LogP contribution in [0.2, 0.25) is 0 Å². The molecule has 0 aliphatic heterocycles. The van der Waals surface area contributed by atoms with Crippen LogP contribution in [-0.2, 0) is 11.3 Å². The summed E-state index contributed by atoms with van der Waals surface area (Å²) in [5, 5.41) is 17.6. The number of hydrogen-bond donors (Lipinski definition) is 3. The van der Waals surface area contributed by atoms with E-state index in [0.717, 1.165) is 5.56 Å². The second-order valence-electron chi connectivity index (χ2n) is 2.69. The Morgan fingerprint density at radius 2 is 1.92 bits per heavy atom. The Morgan fingerprint density at radius 1 is 1.38 bits per heavy atom. The zero-order valence-corrected chi connectivity index (χ0v) is 6.97. The number of carboxylic acid groups (broad SMARTS) is 1. The number of hydrogen-bond acceptors (Lipinski definition) is 3. The van der Waals surface area contributed by atoms with Gasteiger partial charge in [-0.2, -0.15) is 0 Å². The summed E-state index contributed by atoms with van der Waals surface area (Å²) in [7, 11) is 0. The summed E-state index contributed by atoms with van der Waals surface area (Å²) in [6, 6.07) is 6.50. The van der Waals surface area contributed by atoms with Crippen LogP contribution in [-0.4, -0.2) is 16.2 Å². The smallest absolute Gasteiger partial charge is 0.337 e. The molecule has 1 aromatic carbocycles. The molecule has 0 aliphatic rings. The lowest BCUT2D eigenvalue weighted by atomic mass is 10.1. The van der Waals surface area contributed by atoms with Gasteiger partial charge in [-0.15, -0.1) is 0 Å². The van der Waals surface area contributed by atoms with Crippen LogP contribution >= 0.6 is 0 Å². The minimum atomic E-state index is -1.45. The number of aliphatic carboxylic acids is 1. The van der Waals surface area contributed by atoms with Gasteiger partial charge in [0.2, 0.25) is 0 Å². The van der Waals surface area contributed by atoms with Crippen molar-refractivity contribution in [3.8, 4) is 0 Å². The van der Waals surface area contributed by atoms with E-state index in [0.29, 0.717) is 12.1 Å². The van der Waals surface area contributed by atoms with E-state index < -0.39 is 12.1 Å².